The zero-order valence-electron chi connectivity index (χ0n) is 14.6. The van der Waals surface area contributed by atoms with Crippen LogP contribution in [0.15, 0.2) is 12.2 Å². The molecule has 1 heteroatoms. The highest BCUT2D eigenvalue weighted by atomic mass is 14.8. The molecule has 0 aliphatic carbocycles. The highest BCUT2D eigenvalue weighted by Crippen LogP contribution is 2.23. The van der Waals surface area contributed by atoms with Gasteiger partial charge in [0.05, 0.1) is 0 Å². The van der Waals surface area contributed by atoms with Crippen molar-refractivity contribution < 1.29 is 0 Å². The molecule has 0 heterocycles. The molecule has 0 fully saturated rings. The summed E-state index contributed by atoms with van der Waals surface area (Å²) in [5.41, 5.74) is 1.28. The fraction of sp³-hybridized carbons (Fsp3) is 0.789. The number of hydrogen-bond donors (Lipinski definition) is 1. The third-order valence-corrected chi connectivity index (χ3v) is 3.81. The smallest absolute Gasteiger partial charge is 0.0399 e. The molecule has 0 spiro atoms. The van der Waals surface area contributed by atoms with Crippen LogP contribution >= 0.6 is 0 Å². The molecule has 1 nitrogen and oxygen atoms in total. The summed E-state index contributed by atoms with van der Waals surface area (Å²) in [7, 11) is 0. The van der Waals surface area contributed by atoms with Crippen LogP contribution in [-0.4, -0.2) is 6.04 Å². The topological polar surface area (TPSA) is 12.0 Å². The Kier molecular flexibility index (Phi) is 10.3. The van der Waals surface area contributed by atoms with E-state index >= 15 is 0 Å². The summed E-state index contributed by atoms with van der Waals surface area (Å²) in [6, 6.07) is 3.46. The summed E-state index contributed by atoms with van der Waals surface area (Å²) in [6.45, 7) is 17.6. The molecule has 0 aromatic carbocycles. The average molecular weight is 277 g/mol. The highest BCUT2D eigenvalue weighted by Gasteiger charge is 2.10. The van der Waals surface area contributed by atoms with Gasteiger partial charge in [-0.05, 0) is 51.9 Å². The van der Waals surface area contributed by atoms with Crippen molar-refractivity contribution in [3.63, 3.8) is 0 Å². The Morgan fingerprint density at radius 1 is 1.05 bits per heavy atom. The van der Waals surface area contributed by atoms with Gasteiger partial charge in [0.1, 0.15) is 0 Å². The van der Waals surface area contributed by atoms with E-state index in [0.29, 0.717) is 12.0 Å². The molecular weight excluding hydrogens is 242 g/mol. The Morgan fingerprint density at radius 2 is 1.65 bits per heavy atom. The van der Waals surface area contributed by atoms with Crippen LogP contribution in [0.3, 0.4) is 0 Å². The van der Waals surface area contributed by atoms with Crippen molar-refractivity contribution in [2.45, 2.75) is 79.7 Å². The van der Waals surface area contributed by atoms with E-state index in [9.17, 15) is 0 Å². The molecular formula is C19H35N. The second kappa shape index (κ2) is 10.8. The van der Waals surface area contributed by atoms with Gasteiger partial charge in [-0.3, -0.25) is 0 Å². The Hall–Kier alpha value is -0.900. The van der Waals surface area contributed by atoms with Gasteiger partial charge in [-0.15, -0.1) is 0 Å². The third kappa shape index (κ3) is 9.96. The fourth-order valence-electron chi connectivity index (χ4n) is 2.46. The van der Waals surface area contributed by atoms with Crippen LogP contribution in [0.1, 0.15) is 73.6 Å². The van der Waals surface area contributed by atoms with Gasteiger partial charge in [-0.25, -0.2) is 0 Å². The minimum absolute atomic E-state index is 0.293. The average Bonchev–Trinajstić information content (AvgIpc) is 2.35. The van der Waals surface area contributed by atoms with Crippen molar-refractivity contribution in [2.75, 3.05) is 0 Å². The molecule has 0 rings (SSSR count). The monoisotopic (exact) mass is 277 g/mol. The van der Waals surface area contributed by atoms with Crippen molar-refractivity contribution in [3.05, 3.63) is 12.2 Å². The molecule has 0 aromatic heterocycles. The summed E-state index contributed by atoms with van der Waals surface area (Å²) in [5, 5.41) is 3.13. The third-order valence-electron chi connectivity index (χ3n) is 3.81. The number of rotatable bonds is 9. The Balaban J connectivity index is 3.98. The van der Waals surface area contributed by atoms with Crippen molar-refractivity contribution in [2.24, 2.45) is 17.8 Å². The Bertz CT molecular complexity index is 318. The maximum absolute atomic E-state index is 4.21. The SMILES string of the molecule is C=C(CC[C@H](C)C[C@H](C)CCC)C(C)C#CNC(C)C. The van der Waals surface area contributed by atoms with Crippen molar-refractivity contribution in [1.29, 1.82) is 0 Å². The van der Waals surface area contributed by atoms with E-state index in [-0.39, 0.29) is 0 Å². The van der Waals surface area contributed by atoms with Gasteiger partial charge >= 0.3 is 0 Å². The molecule has 0 amide bonds. The van der Waals surface area contributed by atoms with Crippen molar-refractivity contribution in [3.8, 4) is 12.0 Å². The molecule has 1 N–H and O–H groups in total. The first-order valence-electron chi connectivity index (χ1n) is 8.30. The van der Waals surface area contributed by atoms with Gasteiger partial charge < -0.3 is 5.32 Å². The van der Waals surface area contributed by atoms with E-state index in [0.717, 1.165) is 18.3 Å². The van der Waals surface area contributed by atoms with Gasteiger partial charge in [0.2, 0.25) is 0 Å². The largest absolute Gasteiger partial charge is 0.343 e. The lowest BCUT2D eigenvalue weighted by Gasteiger charge is -2.18. The van der Waals surface area contributed by atoms with Crippen LogP contribution in [0.5, 0.6) is 0 Å². The summed E-state index contributed by atoms with van der Waals surface area (Å²) in [6.07, 6.45) is 6.36. The molecule has 116 valence electrons. The van der Waals surface area contributed by atoms with Crippen LogP contribution in [-0.2, 0) is 0 Å². The van der Waals surface area contributed by atoms with Crippen LogP contribution in [0, 0.1) is 29.7 Å². The summed E-state index contributed by atoms with van der Waals surface area (Å²) in [4.78, 5) is 0. The second-order valence-corrected chi connectivity index (χ2v) is 6.72. The Morgan fingerprint density at radius 3 is 2.20 bits per heavy atom. The normalized spacial score (nSPS) is 15.2. The first kappa shape index (κ1) is 19.1. The maximum Gasteiger partial charge on any atom is 0.0399 e. The van der Waals surface area contributed by atoms with Crippen LogP contribution < -0.4 is 5.32 Å². The molecule has 20 heavy (non-hydrogen) atoms. The van der Waals surface area contributed by atoms with Crippen molar-refractivity contribution >= 4 is 0 Å². The Labute approximate surface area is 127 Å². The van der Waals surface area contributed by atoms with E-state index in [2.05, 4.69) is 65.4 Å². The van der Waals surface area contributed by atoms with E-state index < -0.39 is 0 Å². The highest BCUT2D eigenvalue weighted by molar-refractivity contribution is 5.15. The number of hydrogen-bond acceptors (Lipinski definition) is 1. The van der Waals surface area contributed by atoms with E-state index in [1.54, 1.807) is 0 Å². The van der Waals surface area contributed by atoms with Gasteiger partial charge in [-0.1, -0.05) is 51.7 Å². The fourth-order valence-corrected chi connectivity index (χ4v) is 2.46. The summed E-state index contributed by atoms with van der Waals surface area (Å²) < 4.78 is 0. The van der Waals surface area contributed by atoms with Gasteiger partial charge in [0, 0.05) is 18.0 Å². The molecule has 1 unspecified atom stereocenters. The summed E-state index contributed by atoms with van der Waals surface area (Å²) in [5.74, 6) is 5.18. The molecule has 0 aliphatic rings. The minimum Gasteiger partial charge on any atom is -0.343 e. The lowest BCUT2D eigenvalue weighted by Crippen LogP contribution is -2.16. The van der Waals surface area contributed by atoms with Gasteiger partial charge in [-0.2, -0.15) is 0 Å². The first-order valence-corrected chi connectivity index (χ1v) is 8.30. The molecule has 0 aliphatic heterocycles. The van der Waals surface area contributed by atoms with E-state index in [1.807, 2.05) is 0 Å². The zero-order valence-corrected chi connectivity index (χ0v) is 14.6. The molecule has 0 bridgehead atoms. The first-order chi connectivity index (χ1) is 9.36. The van der Waals surface area contributed by atoms with Crippen LogP contribution in [0.25, 0.3) is 0 Å². The van der Waals surface area contributed by atoms with Gasteiger partial charge in [0.15, 0.2) is 0 Å². The molecule has 0 aromatic rings. The quantitative estimate of drug-likeness (QED) is 0.339. The second-order valence-electron chi connectivity index (χ2n) is 6.72. The van der Waals surface area contributed by atoms with Crippen molar-refractivity contribution in [1.82, 2.24) is 5.32 Å². The standard InChI is InChI=1S/C19H35N/c1-8-9-16(4)14-17(5)10-11-18(6)19(7)12-13-20-15(2)3/h15-17,19-20H,6,8-11,14H2,1-5,7H3/t16-,17+,19?/m1/s1. The van der Waals surface area contributed by atoms with Crippen LogP contribution in [0.2, 0.25) is 0 Å². The summed E-state index contributed by atoms with van der Waals surface area (Å²) >= 11 is 0. The predicted octanol–water partition coefficient (Wildman–Crippen LogP) is 5.38. The minimum atomic E-state index is 0.293. The molecule has 0 radical (unpaired) electrons. The zero-order chi connectivity index (χ0) is 15.5. The lowest BCUT2D eigenvalue weighted by atomic mass is 9.88. The number of allylic oxidation sites excluding steroid dienone is 1. The molecule has 3 atom stereocenters. The molecule has 0 saturated heterocycles. The lowest BCUT2D eigenvalue weighted by molar-refractivity contribution is 0.373. The van der Waals surface area contributed by atoms with Crippen LogP contribution in [0.4, 0.5) is 0 Å². The number of nitrogens with one attached hydrogen (secondary N) is 1. The predicted molar refractivity (Wildman–Crippen MR) is 91.4 cm³/mol. The van der Waals surface area contributed by atoms with Gasteiger partial charge in [0.25, 0.3) is 0 Å². The van der Waals surface area contributed by atoms with E-state index in [1.165, 1.54) is 31.3 Å². The molecule has 0 saturated carbocycles. The van der Waals surface area contributed by atoms with E-state index in [4.69, 9.17) is 0 Å². The maximum atomic E-state index is 4.21.